The molecule has 0 saturated heterocycles. The second-order valence-electron chi connectivity index (χ2n) is 10.4. The fraction of sp³-hybridized carbons (Fsp3) is 1.00. The fourth-order valence-electron chi connectivity index (χ4n) is 6.84. The summed E-state index contributed by atoms with van der Waals surface area (Å²) in [5.74, 6) is 7.85. The third kappa shape index (κ3) is 6.00. The molecule has 148 valence electrons. The van der Waals surface area contributed by atoms with E-state index < -0.39 is 0 Å². The number of hydrogen-bond donors (Lipinski definition) is 0. The van der Waals surface area contributed by atoms with E-state index in [4.69, 9.17) is 0 Å². The zero-order chi connectivity index (χ0) is 18.4. The first-order valence-corrected chi connectivity index (χ1v) is 12.0. The van der Waals surface area contributed by atoms with E-state index in [9.17, 15) is 0 Å². The molecule has 0 spiro atoms. The molecule has 0 radical (unpaired) electrons. The summed E-state index contributed by atoms with van der Waals surface area (Å²) in [6.07, 6.45) is 16.3. The van der Waals surface area contributed by atoms with Crippen LogP contribution in [-0.4, -0.2) is 0 Å². The second-order valence-corrected chi connectivity index (χ2v) is 10.4. The average molecular weight is 349 g/mol. The first kappa shape index (κ1) is 21.3. The van der Waals surface area contributed by atoms with Gasteiger partial charge >= 0.3 is 0 Å². The zero-order valence-corrected chi connectivity index (χ0v) is 18.4. The van der Waals surface area contributed by atoms with E-state index in [-0.39, 0.29) is 0 Å². The Morgan fingerprint density at radius 3 is 2.00 bits per heavy atom. The molecule has 0 amide bonds. The summed E-state index contributed by atoms with van der Waals surface area (Å²) in [5.41, 5.74) is 0. The summed E-state index contributed by atoms with van der Waals surface area (Å²) in [7, 11) is 0. The van der Waals surface area contributed by atoms with E-state index in [1.807, 2.05) is 0 Å². The Kier molecular flexibility index (Phi) is 8.83. The van der Waals surface area contributed by atoms with Gasteiger partial charge in [0, 0.05) is 0 Å². The van der Waals surface area contributed by atoms with Crippen LogP contribution >= 0.6 is 0 Å². The van der Waals surface area contributed by atoms with Crippen molar-refractivity contribution < 1.29 is 0 Å². The maximum Gasteiger partial charge on any atom is -0.0358 e. The van der Waals surface area contributed by atoms with Gasteiger partial charge < -0.3 is 0 Å². The lowest BCUT2D eigenvalue weighted by molar-refractivity contribution is 0.0955. The van der Waals surface area contributed by atoms with E-state index in [2.05, 4.69) is 41.5 Å². The molecule has 25 heavy (non-hydrogen) atoms. The SMILES string of the molecule is CCC1CCC(C(C)CC(C)CC(C)C2CCC[C@H](C)C2CC)CC1. The van der Waals surface area contributed by atoms with Gasteiger partial charge in [0.25, 0.3) is 0 Å². The third-order valence-corrected chi connectivity index (χ3v) is 8.50. The van der Waals surface area contributed by atoms with Crippen LogP contribution in [0.5, 0.6) is 0 Å². The van der Waals surface area contributed by atoms with Crippen LogP contribution in [0, 0.1) is 47.3 Å². The van der Waals surface area contributed by atoms with Crippen molar-refractivity contribution in [2.75, 3.05) is 0 Å². The van der Waals surface area contributed by atoms with Gasteiger partial charge in [-0.25, -0.2) is 0 Å². The first-order chi connectivity index (χ1) is 12.0. The van der Waals surface area contributed by atoms with Crippen molar-refractivity contribution in [3.63, 3.8) is 0 Å². The Labute approximate surface area is 159 Å². The summed E-state index contributed by atoms with van der Waals surface area (Å²) in [4.78, 5) is 0. The molecule has 0 nitrogen and oxygen atoms in total. The molecule has 0 aromatic carbocycles. The highest BCUT2D eigenvalue weighted by atomic mass is 14.4. The normalized spacial score (nSPS) is 37.4. The molecule has 0 N–H and O–H groups in total. The van der Waals surface area contributed by atoms with E-state index in [1.54, 1.807) is 0 Å². The van der Waals surface area contributed by atoms with Crippen LogP contribution in [0.3, 0.4) is 0 Å². The number of rotatable bonds is 8. The monoisotopic (exact) mass is 348 g/mol. The van der Waals surface area contributed by atoms with Crippen LogP contribution in [0.25, 0.3) is 0 Å². The van der Waals surface area contributed by atoms with E-state index >= 15 is 0 Å². The summed E-state index contributed by atoms with van der Waals surface area (Å²) in [5, 5.41) is 0. The van der Waals surface area contributed by atoms with Gasteiger partial charge in [-0.15, -0.1) is 0 Å². The van der Waals surface area contributed by atoms with Crippen molar-refractivity contribution in [3.8, 4) is 0 Å². The second kappa shape index (κ2) is 10.4. The molecular weight excluding hydrogens is 300 g/mol. The molecule has 0 aliphatic heterocycles. The highest BCUT2D eigenvalue weighted by Crippen LogP contribution is 2.43. The van der Waals surface area contributed by atoms with Gasteiger partial charge in [0.05, 0.1) is 0 Å². The maximum absolute atomic E-state index is 2.58. The highest BCUT2D eigenvalue weighted by molar-refractivity contribution is 4.84. The predicted molar refractivity (Wildman–Crippen MR) is 113 cm³/mol. The predicted octanol–water partition coefficient (Wildman–Crippen LogP) is 8.35. The molecule has 2 saturated carbocycles. The molecule has 2 rings (SSSR count). The van der Waals surface area contributed by atoms with Gasteiger partial charge in [0.2, 0.25) is 0 Å². The van der Waals surface area contributed by atoms with Crippen molar-refractivity contribution >= 4 is 0 Å². The smallest absolute Gasteiger partial charge is 0.0358 e. The van der Waals surface area contributed by atoms with Crippen LogP contribution in [0.15, 0.2) is 0 Å². The highest BCUT2D eigenvalue weighted by Gasteiger charge is 2.33. The molecule has 0 heteroatoms. The summed E-state index contributed by atoms with van der Waals surface area (Å²) in [6, 6.07) is 0. The van der Waals surface area contributed by atoms with Crippen molar-refractivity contribution in [1.29, 1.82) is 0 Å². The Bertz CT molecular complexity index is 351. The Morgan fingerprint density at radius 1 is 0.760 bits per heavy atom. The molecule has 6 atom stereocenters. The van der Waals surface area contributed by atoms with Crippen LogP contribution in [0.2, 0.25) is 0 Å². The molecule has 0 bridgehead atoms. The lowest BCUT2D eigenvalue weighted by Gasteiger charge is -2.41. The number of hydrogen-bond acceptors (Lipinski definition) is 0. The Balaban J connectivity index is 1.77. The molecule has 0 aromatic rings. The molecule has 2 aliphatic rings. The summed E-state index contributed by atoms with van der Waals surface area (Å²) >= 11 is 0. The average Bonchev–Trinajstić information content (AvgIpc) is 2.61. The molecule has 0 aromatic heterocycles. The topological polar surface area (TPSA) is 0 Å². The van der Waals surface area contributed by atoms with Crippen molar-refractivity contribution in [2.45, 2.75) is 112 Å². The fourth-order valence-corrected chi connectivity index (χ4v) is 6.84. The van der Waals surface area contributed by atoms with E-state index in [1.165, 1.54) is 70.6 Å². The largest absolute Gasteiger partial charge is 0.0651 e. The Hall–Kier alpha value is 0. The molecule has 5 unspecified atom stereocenters. The minimum Gasteiger partial charge on any atom is -0.0651 e. The van der Waals surface area contributed by atoms with Gasteiger partial charge in [-0.05, 0) is 79.4 Å². The van der Waals surface area contributed by atoms with Gasteiger partial charge in [-0.3, -0.25) is 0 Å². The van der Waals surface area contributed by atoms with Crippen molar-refractivity contribution in [1.82, 2.24) is 0 Å². The molecule has 0 heterocycles. The van der Waals surface area contributed by atoms with E-state index in [0.29, 0.717) is 0 Å². The maximum atomic E-state index is 2.58. The first-order valence-electron chi connectivity index (χ1n) is 12.0. The van der Waals surface area contributed by atoms with Crippen LogP contribution in [0.1, 0.15) is 112 Å². The van der Waals surface area contributed by atoms with E-state index in [0.717, 1.165) is 47.3 Å². The molecule has 2 aliphatic carbocycles. The van der Waals surface area contributed by atoms with Crippen LogP contribution < -0.4 is 0 Å². The third-order valence-electron chi connectivity index (χ3n) is 8.50. The zero-order valence-electron chi connectivity index (χ0n) is 18.4. The molecule has 2 fully saturated rings. The van der Waals surface area contributed by atoms with Gasteiger partial charge in [-0.1, -0.05) is 80.1 Å². The van der Waals surface area contributed by atoms with Crippen LogP contribution in [0.4, 0.5) is 0 Å². The van der Waals surface area contributed by atoms with Crippen molar-refractivity contribution in [2.24, 2.45) is 47.3 Å². The minimum absolute atomic E-state index is 0.920. The Morgan fingerprint density at radius 2 is 1.40 bits per heavy atom. The lowest BCUT2D eigenvalue weighted by atomic mass is 9.65. The van der Waals surface area contributed by atoms with Gasteiger partial charge in [0.15, 0.2) is 0 Å². The summed E-state index contributed by atoms with van der Waals surface area (Å²) < 4.78 is 0. The van der Waals surface area contributed by atoms with Crippen LogP contribution in [-0.2, 0) is 0 Å². The standard InChI is InChI=1S/C25H48/c1-7-22-12-14-23(15-13-22)20(5)16-18(3)17-21(6)25-11-9-10-19(4)24(25)8-2/h18-25H,7-17H2,1-6H3/t18?,19-,20?,21?,22?,23?,24?,25?/m0/s1. The minimum atomic E-state index is 0.920. The van der Waals surface area contributed by atoms with Crippen molar-refractivity contribution in [3.05, 3.63) is 0 Å². The molecular formula is C25H48. The quantitative estimate of drug-likeness (QED) is 0.413. The van der Waals surface area contributed by atoms with Gasteiger partial charge in [-0.2, -0.15) is 0 Å². The van der Waals surface area contributed by atoms with Gasteiger partial charge in [0.1, 0.15) is 0 Å². The summed E-state index contributed by atoms with van der Waals surface area (Å²) in [6.45, 7) is 15.0. The lowest BCUT2D eigenvalue weighted by Crippen LogP contribution is -2.31.